The molecule has 2 heterocycles. The van der Waals surface area contributed by atoms with E-state index < -0.39 is 6.10 Å². The molecule has 0 radical (unpaired) electrons. The summed E-state index contributed by atoms with van der Waals surface area (Å²) in [5.74, 6) is 0.322. The van der Waals surface area contributed by atoms with E-state index in [4.69, 9.17) is 4.74 Å². The van der Waals surface area contributed by atoms with Gasteiger partial charge in [-0.2, -0.15) is 0 Å². The van der Waals surface area contributed by atoms with Gasteiger partial charge in [0.1, 0.15) is 11.4 Å². The van der Waals surface area contributed by atoms with E-state index in [1.54, 1.807) is 16.4 Å². The SMILES string of the molecule is Cc1c(NC(=O)[C@@H]2Oc3ccccc3[C@H]2C)c(=O)n(-c2ccccc2)n1C. The standard InChI is InChI=1S/C21H21N3O3/c1-13-16-11-7-8-12-17(16)27-19(13)20(25)22-18-14(2)23(3)24(21(18)26)15-9-5-4-6-10-15/h4-13,19H,1-3H3,(H,22,25)/t13-,19-/m1/s1. The number of nitrogens with zero attached hydrogens (tertiary/aromatic N) is 2. The highest BCUT2D eigenvalue weighted by molar-refractivity contribution is 5.96. The molecule has 1 aliphatic heterocycles. The molecular weight excluding hydrogens is 342 g/mol. The number of hydrogen-bond acceptors (Lipinski definition) is 3. The number of carbonyl (C=O) groups is 1. The Hall–Kier alpha value is -3.28. The molecule has 0 spiro atoms. The molecule has 1 N–H and O–H groups in total. The summed E-state index contributed by atoms with van der Waals surface area (Å²) in [6.07, 6.45) is -0.661. The predicted octanol–water partition coefficient (Wildman–Crippen LogP) is 2.99. The van der Waals surface area contributed by atoms with Crippen LogP contribution in [0.4, 0.5) is 5.69 Å². The van der Waals surface area contributed by atoms with Crippen LogP contribution < -0.4 is 15.6 Å². The number of benzene rings is 2. The number of rotatable bonds is 3. The summed E-state index contributed by atoms with van der Waals surface area (Å²) >= 11 is 0. The summed E-state index contributed by atoms with van der Waals surface area (Å²) in [6, 6.07) is 17.0. The second-order valence-corrected chi connectivity index (χ2v) is 6.79. The van der Waals surface area contributed by atoms with Gasteiger partial charge in [-0.25, -0.2) is 4.68 Å². The Morgan fingerprint density at radius 2 is 1.74 bits per heavy atom. The first-order chi connectivity index (χ1) is 13.0. The van der Waals surface area contributed by atoms with Crippen LogP contribution in [0.3, 0.4) is 0 Å². The van der Waals surface area contributed by atoms with Crippen molar-refractivity contribution in [2.45, 2.75) is 25.9 Å². The molecule has 6 heteroatoms. The summed E-state index contributed by atoms with van der Waals surface area (Å²) < 4.78 is 9.10. The van der Waals surface area contributed by atoms with Crippen LogP contribution in [0.15, 0.2) is 59.4 Å². The van der Waals surface area contributed by atoms with Gasteiger partial charge in [0.2, 0.25) is 0 Å². The topological polar surface area (TPSA) is 65.3 Å². The maximum absolute atomic E-state index is 12.9. The lowest BCUT2D eigenvalue weighted by atomic mass is 9.97. The van der Waals surface area contributed by atoms with Gasteiger partial charge in [0.15, 0.2) is 6.10 Å². The first-order valence-electron chi connectivity index (χ1n) is 8.89. The number of carbonyl (C=O) groups excluding carboxylic acids is 1. The smallest absolute Gasteiger partial charge is 0.295 e. The molecule has 4 rings (SSSR count). The third-order valence-corrected chi connectivity index (χ3v) is 5.18. The van der Waals surface area contributed by atoms with Crippen molar-refractivity contribution in [3.8, 4) is 11.4 Å². The lowest BCUT2D eigenvalue weighted by molar-refractivity contribution is -0.122. The van der Waals surface area contributed by atoms with Crippen molar-refractivity contribution in [2.75, 3.05) is 5.32 Å². The number of hydrogen-bond donors (Lipinski definition) is 1. The van der Waals surface area contributed by atoms with Crippen LogP contribution in [-0.4, -0.2) is 21.4 Å². The number of para-hydroxylation sites is 2. The Bertz CT molecular complexity index is 1070. The molecule has 2 aromatic carbocycles. The molecule has 1 aromatic heterocycles. The van der Waals surface area contributed by atoms with Crippen molar-refractivity contribution in [3.63, 3.8) is 0 Å². The van der Waals surface area contributed by atoms with E-state index in [1.165, 1.54) is 0 Å². The number of nitrogens with one attached hydrogen (secondary N) is 1. The molecule has 1 amide bonds. The highest BCUT2D eigenvalue weighted by Gasteiger charge is 2.36. The third kappa shape index (κ3) is 2.73. The molecule has 0 saturated carbocycles. The van der Waals surface area contributed by atoms with Gasteiger partial charge < -0.3 is 10.1 Å². The van der Waals surface area contributed by atoms with Crippen molar-refractivity contribution < 1.29 is 9.53 Å². The Labute approximate surface area is 157 Å². The van der Waals surface area contributed by atoms with Gasteiger partial charge in [-0.05, 0) is 25.1 Å². The van der Waals surface area contributed by atoms with Crippen LogP contribution in [0.1, 0.15) is 24.1 Å². The number of aromatic nitrogens is 2. The molecule has 0 saturated heterocycles. The van der Waals surface area contributed by atoms with Crippen molar-refractivity contribution in [1.29, 1.82) is 0 Å². The van der Waals surface area contributed by atoms with Crippen molar-refractivity contribution in [1.82, 2.24) is 9.36 Å². The zero-order chi connectivity index (χ0) is 19.1. The predicted molar refractivity (Wildman–Crippen MR) is 104 cm³/mol. The first kappa shape index (κ1) is 17.1. The second kappa shape index (κ2) is 6.46. The number of amides is 1. The molecule has 27 heavy (non-hydrogen) atoms. The van der Waals surface area contributed by atoms with E-state index in [9.17, 15) is 9.59 Å². The zero-order valence-corrected chi connectivity index (χ0v) is 15.5. The average Bonchev–Trinajstić information content (AvgIpc) is 3.12. The maximum atomic E-state index is 12.9. The average molecular weight is 363 g/mol. The first-order valence-corrected chi connectivity index (χ1v) is 8.89. The summed E-state index contributed by atoms with van der Waals surface area (Å²) in [4.78, 5) is 25.8. The second-order valence-electron chi connectivity index (χ2n) is 6.79. The molecule has 0 bridgehead atoms. The van der Waals surface area contributed by atoms with Gasteiger partial charge in [0.25, 0.3) is 11.5 Å². The molecule has 6 nitrogen and oxygen atoms in total. The largest absolute Gasteiger partial charge is 0.480 e. The molecule has 2 atom stereocenters. The van der Waals surface area contributed by atoms with Crippen LogP contribution in [0.2, 0.25) is 0 Å². The Morgan fingerprint density at radius 3 is 2.44 bits per heavy atom. The minimum absolute atomic E-state index is 0.0819. The van der Waals surface area contributed by atoms with Gasteiger partial charge in [-0.3, -0.25) is 14.3 Å². The summed E-state index contributed by atoms with van der Waals surface area (Å²) in [5.41, 5.74) is 2.44. The minimum atomic E-state index is -0.661. The van der Waals surface area contributed by atoms with E-state index >= 15 is 0 Å². The van der Waals surface area contributed by atoms with Crippen molar-refractivity contribution in [2.24, 2.45) is 7.05 Å². The third-order valence-electron chi connectivity index (χ3n) is 5.18. The fourth-order valence-electron chi connectivity index (χ4n) is 3.55. The Balaban J connectivity index is 1.65. The Kier molecular flexibility index (Phi) is 4.11. The van der Waals surface area contributed by atoms with Crippen LogP contribution in [0.25, 0.3) is 5.69 Å². The van der Waals surface area contributed by atoms with E-state index in [0.29, 0.717) is 5.69 Å². The highest BCUT2D eigenvalue weighted by atomic mass is 16.5. The van der Waals surface area contributed by atoms with Gasteiger partial charge in [0.05, 0.1) is 11.4 Å². The van der Waals surface area contributed by atoms with E-state index in [-0.39, 0.29) is 23.1 Å². The van der Waals surface area contributed by atoms with Crippen LogP contribution in [0.5, 0.6) is 5.75 Å². The van der Waals surface area contributed by atoms with Crippen LogP contribution in [0, 0.1) is 6.92 Å². The molecule has 138 valence electrons. The molecule has 0 unspecified atom stereocenters. The molecule has 3 aromatic rings. The monoisotopic (exact) mass is 363 g/mol. The zero-order valence-electron chi connectivity index (χ0n) is 15.5. The Morgan fingerprint density at radius 1 is 1.07 bits per heavy atom. The van der Waals surface area contributed by atoms with E-state index in [0.717, 1.165) is 17.0 Å². The van der Waals surface area contributed by atoms with Crippen molar-refractivity contribution >= 4 is 11.6 Å². The highest BCUT2D eigenvalue weighted by Crippen LogP contribution is 2.38. The summed E-state index contributed by atoms with van der Waals surface area (Å²) in [5, 5.41) is 2.80. The lowest BCUT2D eigenvalue weighted by Crippen LogP contribution is -2.35. The van der Waals surface area contributed by atoms with Crippen LogP contribution in [-0.2, 0) is 11.8 Å². The molecule has 0 aliphatic carbocycles. The molecule has 0 fully saturated rings. The summed E-state index contributed by atoms with van der Waals surface area (Å²) in [7, 11) is 1.80. The van der Waals surface area contributed by atoms with E-state index in [2.05, 4.69) is 5.32 Å². The lowest BCUT2D eigenvalue weighted by Gasteiger charge is -2.14. The van der Waals surface area contributed by atoms with Crippen LogP contribution >= 0.6 is 0 Å². The van der Waals surface area contributed by atoms with Gasteiger partial charge in [-0.15, -0.1) is 0 Å². The normalized spacial score (nSPS) is 18.0. The number of fused-ring (bicyclic) bond motifs is 1. The quantitative estimate of drug-likeness (QED) is 0.778. The fraction of sp³-hybridized carbons (Fsp3) is 0.238. The number of anilines is 1. The van der Waals surface area contributed by atoms with Gasteiger partial charge >= 0.3 is 0 Å². The molecule has 1 aliphatic rings. The minimum Gasteiger partial charge on any atom is -0.480 e. The van der Waals surface area contributed by atoms with Crippen molar-refractivity contribution in [3.05, 3.63) is 76.2 Å². The fourth-order valence-corrected chi connectivity index (χ4v) is 3.55. The van der Waals surface area contributed by atoms with Gasteiger partial charge in [0, 0.05) is 18.5 Å². The van der Waals surface area contributed by atoms with E-state index in [1.807, 2.05) is 68.4 Å². The van der Waals surface area contributed by atoms with Gasteiger partial charge in [-0.1, -0.05) is 43.3 Å². The number of ether oxygens (including phenoxy) is 1. The molecular formula is C21H21N3O3. The maximum Gasteiger partial charge on any atom is 0.295 e. The summed E-state index contributed by atoms with van der Waals surface area (Å²) in [6.45, 7) is 3.76.